The molecule has 2 saturated carbocycles. The standard InChI is InChI=1S/C30H33BrN4O4/c1-6-7-26(36)35(24-14-17(2)22(31)15-20(24)18-8-9-18)25-13-12-23-27(32-25)28(33-34(23)5)39-19-10-11-21(29(37)38)30(3,4)16-19/h12-15,18-19,21H,8-11,16H2,1-5H3,(H,37,38)/t19-,21-/m1/s1. The monoisotopic (exact) mass is 592 g/mol. The van der Waals surface area contributed by atoms with Crippen molar-refractivity contribution in [1.82, 2.24) is 14.8 Å². The number of carbonyl (C=O) groups excluding carboxylic acids is 1. The second-order valence-electron chi connectivity index (χ2n) is 11.3. The number of rotatable bonds is 6. The van der Waals surface area contributed by atoms with Gasteiger partial charge in [-0.2, -0.15) is 0 Å². The fourth-order valence-electron chi connectivity index (χ4n) is 5.69. The minimum absolute atomic E-state index is 0.182. The minimum atomic E-state index is -0.762. The Balaban J connectivity index is 1.55. The zero-order valence-corrected chi connectivity index (χ0v) is 24.5. The third-order valence-corrected chi connectivity index (χ3v) is 8.79. The van der Waals surface area contributed by atoms with Crippen LogP contribution in [0.4, 0.5) is 11.5 Å². The molecule has 2 heterocycles. The van der Waals surface area contributed by atoms with E-state index in [4.69, 9.17) is 9.72 Å². The Morgan fingerprint density at radius 3 is 2.59 bits per heavy atom. The Hall–Kier alpha value is -3.38. The van der Waals surface area contributed by atoms with E-state index in [-0.39, 0.29) is 12.0 Å². The number of aryl methyl sites for hydroxylation is 2. The van der Waals surface area contributed by atoms with Crippen molar-refractivity contribution in [3.05, 3.63) is 39.9 Å². The lowest BCUT2D eigenvalue weighted by Gasteiger charge is -2.39. The van der Waals surface area contributed by atoms with Crippen molar-refractivity contribution in [1.29, 1.82) is 0 Å². The number of aliphatic carboxylic acids is 1. The van der Waals surface area contributed by atoms with Crippen LogP contribution in [0.25, 0.3) is 11.0 Å². The first-order chi connectivity index (χ1) is 18.5. The van der Waals surface area contributed by atoms with Crippen molar-refractivity contribution in [2.24, 2.45) is 18.4 Å². The van der Waals surface area contributed by atoms with Crippen molar-refractivity contribution in [2.45, 2.75) is 71.8 Å². The summed E-state index contributed by atoms with van der Waals surface area (Å²) in [6.45, 7) is 7.60. The zero-order chi connectivity index (χ0) is 28.1. The third-order valence-electron chi connectivity index (χ3n) is 7.93. The van der Waals surface area contributed by atoms with Gasteiger partial charge in [-0.3, -0.25) is 19.2 Å². The molecule has 1 N–H and O–H groups in total. The molecule has 1 amide bonds. The lowest BCUT2D eigenvalue weighted by molar-refractivity contribution is -0.149. The van der Waals surface area contributed by atoms with Gasteiger partial charge in [-0.15, -0.1) is 5.10 Å². The number of hydrogen-bond acceptors (Lipinski definition) is 5. The quantitative estimate of drug-likeness (QED) is 0.339. The Morgan fingerprint density at radius 1 is 1.21 bits per heavy atom. The molecular formula is C30H33BrN4O4. The smallest absolute Gasteiger partial charge is 0.308 e. The molecule has 204 valence electrons. The predicted molar refractivity (Wildman–Crippen MR) is 153 cm³/mol. The number of benzene rings is 1. The number of aromatic nitrogens is 3. The molecular weight excluding hydrogens is 560 g/mol. The molecule has 3 aromatic rings. The van der Waals surface area contributed by atoms with Crippen LogP contribution in [-0.2, 0) is 16.6 Å². The van der Waals surface area contributed by atoms with Gasteiger partial charge in [0.05, 0.1) is 17.1 Å². The van der Waals surface area contributed by atoms with Gasteiger partial charge in [0.25, 0.3) is 5.88 Å². The highest BCUT2D eigenvalue weighted by atomic mass is 79.9. The van der Waals surface area contributed by atoms with Crippen LogP contribution in [0, 0.1) is 30.1 Å². The number of hydrogen-bond donors (Lipinski definition) is 1. The van der Waals surface area contributed by atoms with E-state index in [9.17, 15) is 14.7 Å². The highest BCUT2D eigenvalue weighted by Gasteiger charge is 2.42. The zero-order valence-electron chi connectivity index (χ0n) is 22.9. The summed E-state index contributed by atoms with van der Waals surface area (Å²) in [6.07, 6.45) is 3.74. The summed E-state index contributed by atoms with van der Waals surface area (Å²) < 4.78 is 9.11. The van der Waals surface area contributed by atoms with Gasteiger partial charge >= 0.3 is 11.9 Å². The van der Waals surface area contributed by atoms with Crippen LogP contribution in [0.5, 0.6) is 5.88 Å². The van der Waals surface area contributed by atoms with E-state index in [2.05, 4.69) is 38.9 Å². The van der Waals surface area contributed by atoms with Crippen molar-refractivity contribution < 1.29 is 19.4 Å². The summed E-state index contributed by atoms with van der Waals surface area (Å²) >= 11 is 3.65. The summed E-state index contributed by atoms with van der Waals surface area (Å²) in [5.41, 5.74) is 3.83. The van der Waals surface area contributed by atoms with Gasteiger partial charge in [0.1, 0.15) is 11.9 Å². The number of ether oxygens (including phenoxy) is 1. The largest absolute Gasteiger partial charge is 0.481 e. The number of carboxylic acids is 1. The lowest BCUT2D eigenvalue weighted by Crippen LogP contribution is -2.41. The number of anilines is 2. The molecule has 0 spiro atoms. The number of fused-ring (bicyclic) bond motifs is 1. The Kier molecular flexibility index (Phi) is 7.19. The van der Waals surface area contributed by atoms with E-state index in [1.54, 1.807) is 16.5 Å². The molecule has 5 rings (SSSR count). The first-order valence-electron chi connectivity index (χ1n) is 13.3. The van der Waals surface area contributed by atoms with Crippen LogP contribution in [-0.4, -0.2) is 37.9 Å². The van der Waals surface area contributed by atoms with Crippen LogP contribution in [0.2, 0.25) is 0 Å². The van der Waals surface area contributed by atoms with Gasteiger partial charge in [-0.1, -0.05) is 35.7 Å². The summed E-state index contributed by atoms with van der Waals surface area (Å²) in [6, 6.07) is 7.83. The molecule has 8 nitrogen and oxygen atoms in total. The highest BCUT2D eigenvalue weighted by molar-refractivity contribution is 9.10. The van der Waals surface area contributed by atoms with Gasteiger partial charge in [0.15, 0.2) is 5.52 Å². The molecule has 2 fully saturated rings. The molecule has 0 bridgehead atoms. The number of nitrogens with zero attached hydrogens (tertiary/aromatic N) is 4. The number of halogens is 1. The van der Waals surface area contributed by atoms with E-state index < -0.39 is 17.3 Å². The Morgan fingerprint density at radius 2 is 1.95 bits per heavy atom. The average Bonchev–Trinajstić information content (AvgIpc) is 3.66. The fourth-order valence-corrected chi connectivity index (χ4v) is 6.05. The normalized spacial score (nSPS) is 20.3. The Labute approximate surface area is 236 Å². The number of pyridine rings is 1. The second kappa shape index (κ2) is 10.3. The maximum atomic E-state index is 13.4. The van der Waals surface area contributed by atoms with E-state index in [0.717, 1.165) is 39.6 Å². The van der Waals surface area contributed by atoms with Crippen LogP contribution >= 0.6 is 15.9 Å². The second-order valence-corrected chi connectivity index (χ2v) is 12.2. The lowest BCUT2D eigenvalue weighted by atomic mass is 9.68. The average molecular weight is 594 g/mol. The molecule has 1 aromatic carbocycles. The van der Waals surface area contributed by atoms with E-state index in [1.165, 1.54) is 0 Å². The van der Waals surface area contributed by atoms with E-state index in [0.29, 0.717) is 42.4 Å². The molecule has 9 heteroatoms. The van der Waals surface area contributed by atoms with Crippen molar-refractivity contribution in [3.8, 4) is 17.7 Å². The number of carbonyl (C=O) groups is 2. The predicted octanol–water partition coefficient (Wildman–Crippen LogP) is 6.26. The minimum Gasteiger partial charge on any atom is -0.481 e. The molecule has 2 aliphatic rings. The number of carboxylic acid groups (broad SMARTS) is 1. The number of amides is 1. The summed E-state index contributed by atoms with van der Waals surface area (Å²) in [5.74, 6) is 5.15. The summed E-state index contributed by atoms with van der Waals surface area (Å²) in [5, 5.41) is 14.2. The SMILES string of the molecule is CC#CC(=O)N(c1ccc2c(n1)c(O[C@@H]1CC[C@H](C(=O)O)C(C)(C)C1)nn2C)c1cc(C)c(Br)cc1C1CC1. The van der Waals surface area contributed by atoms with Crippen molar-refractivity contribution in [2.75, 3.05) is 4.90 Å². The maximum Gasteiger partial charge on any atom is 0.308 e. The van der Waals surface area contributed by atoms with Gasteiger partial charge < -0.3 is 9.84 Å². The molecule has 2 atom stereocenters. The van der Waals surface area contributed by atoms with Gasteiger partial charge in [-0.05, 0) is 98.6 Å². The highest BCUT2D eigenvalue weighted by Crippen LogP contribution is 2.47. The van der Waals surface area contributed by atoms with Crippen LogP contribution in [0.1, 0.15) is 69.9 Å². The van der Waals surface area contributed by atoms with Crippen LogP contribution in [0.3, 0.4) is 0 Å². The van der Waals surface area contributed by atoms with Gasteiger partial charge in [0, 0.05) is 11.5 Å². The first-order valence-corrected chi connectivity index (χ1v) is 14.1. The van der Waals surface area contributed by atoms with Gasteiger partial charge in [0.2, 0.25) is 0 Å². The Bertz CT molecular complexity index is 1530. The van der Waals surface area contributed by atoms with Crippen molar-refractivity contribution in [3.63, 3.8) is 0 Å². The van der Waals surface area contributed by atoms with E-state index in [1.807, 2.05) is 46.0 Å². The van der Waals surface area contributed by atoms with Crippen LogP contribution < -0.4 is 9.64 Å². The summed E-state index contributed by atoms with van der Waals surface area (Å²) in [7, 11) is 1.83. The molecule has 0 saturated heterocycles. The molecule has 0 unspecified atom stereocenters. The van der Waals surface area contributed by atoms with Crippen molar-refractivity contribution >= 4 is 50.3 Å². The third kappa shape index (κ3) is 5.27. The topological polar surface area (TPSA) is 97.6 Å². The fraction of sp³-hybridized carbons (Fsp3) is 0.467. The van der Waals surface area contributed by atoms with Gasteiger partial charge in [-0.25, -0.2) is 4.98 Å². The maximum absolute atomic E-state index is 13.4. The molecule has 2 aromatic heterocycles. The first kappa shape index (κ1) is 27.2. The molecule has 39 heavy (non-hydrogen) atoms. The molecule has 0 aliphatic heterocycles. The summed E-state index contributed by atoms with van der Waals surface area (Å²) in [4.78, 5) is 31.7. The van der Waals surface area contributed by atoms with E-state index >= 15 is 0 Å². The van der Waals surface area contributed by atoms with Crippen LogP contribution in [0.15, 0.2) is 28.7 Å². The molecule has 0 radical (unpaired) electrons. The molecule has 2 aliphatic carbocycles.